The first-order chi connectivity index (χ1) is 13.1. The second kappa shape index (κ2) is 8.80. The Hall–Kier alpha value is -1.99. The molecule has 5 nitrogen and oxygen atoms in total. The number of amides is 1. The number of rotatable bonds is 7. The van der Waals surface area contributed by atoms with Gasteiger partial charge in [0.2, 0.25) is 11.7 Å². The highest BCUT2D eigenvalue weighted by Gasteiger charge is 2.33. The summed E-state index contributed by atoms with van der Waals surface area (Å²) in [6.07, 6.45) is 2.06. The first kappa shape index (κ1) is 19.8. The molecule has 2 aromatic carbocycles. The molecule has 0 saturated carbocycles. The van der Waals surface area contributed by atoms with E-state index in [-0.39, 0.29) is 11.3 Å². The Labute approximate surface area is 168 Å². The minimum absolute atomic E-state index is 0.00694. The smallest absolute Gasteiger partial charge is 0.234 e. The van der Waals surface area contributed by atoms with Gasteiger partial charge in [-0.15, -0.1) is 23.5 Å². The summed E-state index contributed by atoms with van der Waals surface area (Å²) in [5.41, 5.74) is 2.07. The largest absolute Gasteiger partial charge is 0.493 e. The Morgan fingerprint density at radius 2 is 1.70 bits per heavy atom. The fraction of sp³-hybridized carbons (Fsp3) is 0.350. The molecule has 1 atom stereocenters. The average molecular weight is 406 g/mol. The van der Waals surface area contributed by atoms with Crippen LogP contribution in [0.4, 0.5) is 0 Å². The molecule has 1 heterocycles. The molecule has 0 N–H and O–H groups in total. The summed E-state index contributed by atoms with van der Waals surface area (Å²) in [5.74, 6) is 2.35. The van der Waals surface area contributed by atoms with E-state index in [1.54, 1.807) is 44.9 Å². The van der Waals surface area contributed by atoms with E-state index >= 15 is 0 Å². The average Bonchev–Trinajstić information content (AvgIpc) is 3.07. The van der Waals surface area contributed by atoms with Crippen molar-refractivity contribution in [3.8, 4) is 17.2 Å². The van der Waals surface area contributed by atoms with Gasteiger partial charge in [0.05, 0.1) is 27.1 Å². The number of nitrogens with zero attached hydrogens (tertiary/aromatic N) is 1. The van der Waals surface area contributed by atoms with Crippen LogP contribution in [0.1, 0.15) is 16.5 Å². The summed E-state index contributed by atoms with van der Waals surface area (Å²) in [5, 5.41) is 0.00694. The maximum atomic E-state index is 12.5. The topological polar surface area (TPSA) is 48.0 Å². The third kappa shape index (κ3) is 4.14. The van der Waals surface area contributed by atoms with Gasteiger partial charge in [-0.2, -0.15) is 0 Å². The summed E-state index contributed by atoms with van der Waals surface area (Å²) < 4.78 is 16.2. The van der Waals surface area contributed by atoms with Crippen molar-refractivity contribution in [2.24, 2.45) is 0 Å². The number of methoxy groups -OCH3 is 3. The Morgan fingerprint density at radius 1 is 1.07 bits per heavy atom. The summed E-state index contributed by atoms with van der Waals surface area (Å²) in [6, 6.07) is 12.2. The van der Waals surface area contributed by atoms with Gasteiger partial charge in [-0.1, -0.05) is 12.1 Å². The van der Waals surface area contributed by atoms with Gasteiger partial charge in [-0.25, -0.2) is 0 Å². The third-order valence-electron chi connectivity index (χ3n) is 4.45. The van der Waals surface area contributed by atoms with Crippen molar-refractivity contribution in [1.82, 2.24) is 4.90 Å². The number of hydrogen-bond donors (Lipinski definition) is 0. The Balaban J connectivity index is 1.89. The molecule has 0 bridgehead atoms. The molecule has 144 valence electrons. The van der Waals surface area contributed by atoms with Crippen LogP contribution in [0, 0.1) is 0 Å². The van der Waals surface area contributed by atoms with Crippen LogP contribution in [0.2, 0.25) is 0 Å². The summed E-state index contributed by atoms with van der Waals surface area (Å²) in [6.45, 7) is 0.484. The molecule has 1 aliphatic heterocycles. The normalized spacial score (nSPS) is 16.5. The number of carbonyl (C=O) groups excluding carboxylic acids is 1. The van der Waals surface area contributed by atoms with Crippen LogP contribution in [0.25, 0.3) is 0 Å². The molecular weight excluding hydrogens is 382 g/mol. The molecule has 0 aromatic heterocycles. The van der Waals surface area contributed by atoms with Gasteiger partial charge in [0.25, 0.3) is 0 Å². The number of ether oxygens (including phenoxy) is 3. The lowest BCUT2D eigenvalue weighted by molar-refractivity contribution is -0.128. The highest BCUT2D eigenvalue weighted by Crippen LogP contribution is 2.42. The summed E-state index contributed by atoms with van der Waals surface area (Å²) in [4.78, 5) is 15.6. The first-order valence-corrected chi connectivity index (χ1v) is 10.7. The molecule has 0 aliphatic carbocycles. The zero-order chi connectivity index (χ0) is 19.4. The number of hydrogen-bond acceptors (Lipinski definition) is 6. The van der Waals surface area contributed by atoms with Gasteiger partial charge in [-0.3, -0.25) is 4.79 Å². The maximum Gasteiger partial charge on any atom is 0.234 e. The Bertz CT molecular complexity index is 785. The lowest BCUT2D eigenvalue weighted by Gasteiger charge is -2.25. The second-order valence-electron chi connectivity index (χ2n) is 5.99. The van der Waals surface area contributed by atoms with E-state index in [9.17, 15) is 4.79 Å². The number of carbonyl (C=O) groups is 1. The van der Waals surface area contributed by atoms with Crippen molar-refractivity contribution in [3.63, 3.8) is 0 Å². The third-order valence-corrected chi connectivity index (χ3v) is 6.45. The molecule has 1 fully saturated rings. The van der Waals surface area contributed by atoms with E-state index in [1.165, 1.54) is 4.90 Å². The molecule has 0 spiro atoms. The van der Waals surface area contributed by atoms with Gasteiger partial charge in [0, 0.05) is 11.4 Å². The lowest BCUT2D eigenvalue weighted by atomic mass is 10.1. The minimum atomic E-state index is 0.00694. The second-order valence-corrected chi connectivity index (χ2v) is 7.94. The lowest BCUT2D eigenvalue weighted by Crippen LogP contribution is -2.27. The van der Waals surface area contributed by atoms with E-state index in [0.717, 1.165) is 11.1 Å². The van der Waals surface area contributed by atoms with Crippen LogP contribution in [-0.2, 0) is 11.3 Å². The molecule has 27 heavy (non-hydrogen) atoms. The highest BCUT2D eigenvalue weighted by molar-refractivity contribution is 8.00. The van der Waals surface area contributed by atoms with E-state index in [1.807, 2.05) is 17.0 Å². The SMILES string of the molecule is COc1cc(CN2C(=O)CSC2c2ccc(SC)cc2)cc(OC)c1OC. The first-order valence-electron chi connectivity index (χ1n) is 8.45. The molecule has 7 heteroatoms. The van der Waals surface area contributed by atoms with Crippen molar-refractivity contribution >= 4 is 29.4 Å². The van der Waals surface area contributed by atoms with Crippen LogP contribution in [-0.4, -0.2) is 44.1 Å². The quantitative estimate of drug-likeness (QED) is 0.643. The molecule has 1 unspecified atom stereocenters. The standard InChI is InChI=1S/C20H23NO4S2/c1-23-16-9-13(10-17(24-2)19(16)25-3)11-21-18(22)12-27-20(21)14-5-7-15(26-4)8-6-14/h5-10,20H,11-12H2,1-4H3. The molecular formula is C20H23NO4S2. The van der Waals surface area contributed by atoms with E-state index in [2.05, 4.69) is 30.5 Å². The fourth-order valence-corrected chi connectivity index (χ4v) is 4.69. The van der Waals surface area contributed by atoms with Crippen molar-refractivity contribution in [2.75, 3.05) is 33.3 Å². The van der Waals surface area contributed by atoms with Crippen LogP contribution in [0.5, 0.6) is 17.2 Å². The van der Waals surface area contributed by atoms with E-state index in [4.69, 9.17) is 14.2 Å². The predicted octanol–water partition coefficient (Wildman–Crippen LogP) is 4.21. The Kier molecular flexibility index (Phi) is 6.44. The fourth-order valence-electron chi connectivity index (χ4n) is 3.09. The maximum absolute atomic E-state index is 12.5. The van der Waals surface area contributed by atoms with Gasteiger partial charge in [0.1, 0.15) is 5.37 Å². The monoisotopic (exact) mass is 405 g/mol. The predicted molar refractivity (Wildman–Crippen MR) is 110 cm³/mol. The van der Waals surface area contributed by atoms with Crippen LogP contribution < -0.4 is 14.2 Å². The summed E-state index contributed by atoms with van der Waals surface area (Å²) in [7, 11) is 4.76. The van der Waals surface area contributed by atoms with Crippen molar-refractivity contribution in [3.05, 3.63) is 47.5 Å². The molecule has 2 aromatic rings. The molecule has 0 radical (unpaired) electrons. The van der Waals surface area contributed by atoms with Crippen LogP contribution in [0.15, 0.2) is 41.3 Å². The van der Waals surface area contributed by atoms with Crippen LogP contribution in [0.3, 0.4) is 0 Å². The highest BCUT2D eigenvalue weighted by atomic mass is 32.2. The molecule has 1 aliphatic rings. The van der Waals surface area contributed by atoms with Crippen molar-refractivity contribution in [2.45, 2.75) is 16.8 Å². The zero-order valence-electron chi connectivity index (χ0n) is 15.9. The summed E-state index contributed by atoms with van der Waals surface area (Å²) >= 11 is 3.36. The Morgan fingerprint density at radius 3 is 2.22 bits per heavy atom. The van der Waals surface area contributed by atoms with E-state index in [0.29, 0.717) is 29.5 Å². The van der Waals surface area contributed by atoms with Gasteiger partial charge in [-0.05, 0) is 41.6 Å². The van der Waals surface area contributed by atoms with Crippen molar-refractivity contribution in [1.29, 1.82) is 0 Å². The molecule has 1 saturated heterocycles. The number of benzene rings is 2. The van der Waals surface area contributed by atoms with Gasteiger partial charge < -0.3 is 19.1 Å². The zero-order valence-corrected chi connectivity index (χ0v) is 17.5. The molecule has 3 rings (SSSR count). The van der Waals surface area contributed by atoms with Crippen molar-refractivity contribution < 1.29 is 19.0 Å². The van der Waals surface area contributed by atoms with Gasteiger partial charge >= 0.3 is 0 Å². The van der Waals surface area contributed by atoms with E-state index < -0.39 is 0 Å². The van der Waals surface area contributed by atoms with Crippen LogP contribution >= 0.6 is 23.5 Å². The molecule has 1 amide bonds. The number of thioether (sulfide) groups is 2. The van der Waals surface area contributed by atoms with Gasteiger partial charge in [0.15, 0.2) is 11.5 Å². The minimum Gasteiger partial charge on any atom is -0.493 e.